The summed E-state index contributed by atoms with van der Waals surface area (Å²) in [7, 11) is 1.50. The minimum atomic E-state index is -0.380. The normalized spacial score (nSPS) is 9.64. The highest BCUT2D eigenvalue weighted by Gasteiger charge is 2.13. The molecule has 0 amide bonds. The molecule has 0 saturated heterocycles. The number of methoxy groups -OCH3 is 1. The first-order chi connectivity index (χ1) is 6.69. The van der Waals surface area contributed by atoms with Crippen molar-refractivity contribution in [2.45, 2.75) is 13.8 Å². The van der Waals surface area contributed by atoms with Crippen LogP contribution in [0.1, 0.15) is 23.0 Å². The lowest BCUT2D eigenvalue weighted by atomic mass is 10.2. The van der Waals surface area contributed by atoms with Crippen molar-refractivity contribution in [2.24, 2.45) is 0 Å². The van der Waals surface area contributed by atoms with E-state index in [4.69, 9.17) is 9.47 Å². The standard InChI is InChI=1S/C10H13NO3/c1-4-14-10(12)8-5-7(2)11-6-9(8)13-3/h5-6H,4H2,1-3H3. The van der Waals surface area contributed by atoms with Crippen molar-refractivity contribution in [1.29, 1.82) is 0 Å². The highest BCUT2D eigenvalue weighted by molar-refractivity contribution is 5.92. The summed E-state index contributed by atoms with van der Waals surface area (Å²) in [6, 6.07) is 1.65. The maximum Gasteiger partial charge on any atom is 0.342 e. The topological polar surface area (TPSA) is 48.4 Å². The average molecular weight is 195 g/mol. The fourth-order valence-electron chi connectivity index (χ4n) is 1.08. The molecule has 0 unspecified atom stereocenters. The summed E-state index contributed by atoms with van der Waals surface area (Å²) in [5, 5.41) is 0. The van der Waals surface area contributed by atoms with Crippen molar-refractivity contribution in [3.05, 3.63) is 23.5 Å². The van der Waals surface area contributed by atoms with Crippen molar-refractivity contribution in [2.75, 3.05) is 13.7 Å². The Kier molecular flexibility index (Phi) is 3.45. The first-order valence-electron chi connectivity index (χ1n) is 4.36. The third-order valence-electron chi connectivity index (χ3n) is 1.72. The summed E-state index contributed by atoms with van der Waals surface area (Å²) < 4.78 is 9.88. The number of aromatic nitrogens is 1. The predicted molar refractivity (Wildman–Crippen MR) is 51.5 cm³/mol. The molecule has 0 aliphatic rings. The lowest BCUT2D eigenvalue weighted by Crippen LogP contribution is -2.07. The maximum atomic E-state index is 11.4. The van der Waals surface area contributed by atoms with E-state index in [1.165, 1.54) is 13.3 Å². The van der Waals surface area contributed by atoms with Gasteiger partial charge < -0.3 is 9.47 Å². The highest BCUT2D eigenvalue weighted by atomic mass is 16.5. The Morgan fingerprint density at radius 3 is 2.86 bits per heavy atom. The van der Waals surface area contributed by atoms with Crippen LogP contribution >= 0.6 is 0 Å². The molecule has 0 N–H and O–H groups in total. The minimum absolute atomic E-state index is 0.351. The average Bonchev–Trinajstić information content (AvgIpc) is 2.18. The van der Waals surface area contributed by atoms with Crippen molar-refractivity contribution >= 4 is 5.97 Å². The zero-order chi connectivity index (χ0) is 10.6. The number of carbonyl (C=O) groups is 1. The van der Waals surface area contributed by atoms with Crippen LogP contribution in [0.5, 0.6) is 5.75 Å². The van der Waals surface area contributed by atoms with Crippen LogP contribution in [0, 0.1) is 6.92 Å². The zero-order valence-corrected chi connectivity index (χ0v) is 8.53. The SMILES string of the molecule is CCOC(=O)c1cc(C)ncc1OC. The minimum Gasteiger partial charge on any atom is -0.494 e. The van der Waals surface area contributed by atoms with E-state index in [0.717, 1.165) is 5.69 Å². The summed E-state index contributed by atoms with van der Waals surface area (Å²) in [6.45, 7) is 3.92. The number of ether oxygens (including phenoxy) is 2. The van der Waals surface area contributed by atoms with Crippen molar-refractivity contribution in [3.63, 3.8) is 0 Å². The van der Waals surface area contributed by atoms with Gasteiger partial charge in [-0.05, 0) is 19.9 Å². The van der Waals surface area contributed by atoms with Gasteiger partial charge in [0.15, 0.2) is 5.75 Å². The van der Waals surface area contributed by atoms with Crippen LogP contribution in [0.25, 0.3) is 0 Å². The van der Waals surface area contributed by atoms with Gasteiger partial charge in [-0.2, -0.15) is 0 Å². The molecule has 0 spiro atoms. The van der Waals surface area contributed by atoms with Crippen molar-refractivity contribution in [1.82, 2.24) is 4.98 Å². The summed E-state index contributed by atoms with van der Waals surface area (Å²) in [5.41, 5.74) is 1.18. The highest BCUT2D eigenvalue weighted by Crippen LogP contribution is 2.18. The second-order valence-corrected chi connectivity index (χ2v) is 2.75. The molecule has 1 rings (SSSR count). The van der Waals surface area contributed by atoms with E-state index in [0.29, 0.717) is 17.9 Å². The van der Waals surface area contributed by atoms with Crippen molar-refractivity contribution in [3.8, 4) is 5.75 Å². The van der Waals surface area contributed by atoms with Crippen LogP contribution in [0.2, 0.25) is 0 Å². The van der Waals surface area contributed by atoms with E-state index in [1.54, 1.807) is 13.0 Å². The Hall–Kier alpha value is -1.58. The molecule has 0 aliphatic carbocycles. The largest absolute Gasteiger partial charge is 0.494 e. The van der Waals surface area contributed by atoms with Gasteiger partial charge in [0.2, 0.25) is 0 Å². The van der Waals surface area contributed by atoms with Gasteiger partial charge in [-0.25, -0.2) is 4.79 Å². The number of hydrogen-bond acceptors (Lipinski definition) is 4. The molecule has 0 aliphatic heterocycles. The Bertz CT molecular complexity index is 336. The Morgan fingerprint density at radius 1 is 1.57 bits per heavy atom. The maximum absolute atomic E-state index is 11.4. The van der Waals surface area contributed by atoms with Crippen LogP contribution in [0.4, 0.5) is 0 Å². The number of rotatable bonds is 3. The number of hydrogen-bond donors (Lipinski definition) is 0. The van der Waals surface area contributed by atoms with Gasteiger partial charge in [0.05, 0.1) is 19.9 Å². The molecule has 1 aromatic rings. The molecule has 0 radical (unpaired) electrons. The first-order valence-corrected chi connectivity index (χ1v) is 4.36. The van der Waals surface area contributed by atoms with Gasteiger partial charge in [0.1, 0.15) is 5.56 Å². The fourth-order valence-corrected chi connectivity index (χ4v) is 1.08. The van der Waals surface area contributed by atoms with Gasteiger partial charge >= 0.3 is 5.97 Å². The third-order valence-corrected chi connectivity index (χ3v) is 1.72. The van der Waals surface area contributed by atoms with Gasteiger partial charge in [0.25, 0.3) is 0 Å². The van der Waals surface area contributed by atoms with E-state index in [9.17, 15) is 4.79 Å². The molecule has 0 aromatic carbocycles. The molecule has 4 heteroatoms. The van der Waals surface area contributed by atoms with Gasteiger partial charge in [-0.3, -0.25) is 4.98 Å². The summed E-state index contributed by atoms with van der Waals surface area (Å²) in [4.78, 5) is 15.5. The van der Waals surface area contributed by atoms with E-state index in [2.05, 4.69) is 4.98 Å². The number of aryl methyl sites for hydroxylation is 1. The van der Waals surface area contributed by atoms with Gasteiger partial charge in [0, 0.05) is 5.69 Å². The molecule has 14 heavy (non-hydrogen) atoms. The lowest BCUT2D eigenvalue weighted by Gasteiger charge is -2.07. The summed E-state index contributed by atoms with van der Waals surface area (Å²) in [5.74, 6) is 0.0592. The van der Waals surface area contributed by atoms with Crippen LogP contribution in [0.3, 0.4) is 0 Å². The number of nitrogens with zero attached hydrogens (tertiary/aromatic N) is 1. The molecular weight excluding hydrogens is 182 g/mol. The third kappa shape index (κ3) is 2.22. The summed E-state index contributed by atoms with van der Waals surface area (Å²) in [6.07, 6.45) is 1.52. The summed E-state index contributed by atoms with van der Waals surface area (Å²) >= 11 is 0. The van der Waals surface area contributed by atoms with Crippen LogP contribution in [0.15, 0.2) is 12.3 Å². The number of esters is 1. The molecule has 0 atom stereocenters. The molecular formula is C10H13NO3. The molecule has 1 heterocycles. The second-order valence-electron chi connectivity index (χ2n) is 2.75. The molecule has 1 aromatic heterocycles. The van der Waals surface area contributed by atoms with Gasteiger partial charge in [-0.1, -0.05) is 0 Å². The monoisotopic (exact) mass is 195 g/mol. The Balaban J connectivity index is 3.03. The van der Waals surface area contributed by atoms with Crippen LogP contribution in [-0.2, 0) is 4.74 Å². The molecule has 0 fully saturated rings. The Morgan fingerprint density at radius 2 is 2.29 bits per heavy atom. The Labute approximate surface area is 82.9 Å². The van der Waals surface area contributed by atoms with E-state index in [1.807, 2.05) is 6.92 Å². The zero-order valence-electron chi connectivity index (χ0n) is 8.53. The molecule has 76 valence electrons. The molecule has 0 bridgehead atoms. The predicted octanol–water partition coefficient (Wildman–Crippen LogP) is 1.58. The van der Waals surface area contributed by atoms with Gasteiger partial charge in [-0.15, -0.1) is 0 Å². The second kappa shape index (κ2) is 4.60. The van der Waals surface area contributed by atoms with Crippen molar-refractivity contribution < 1.29 is 14.3 Å². The first kappa shape index (κ1) is 10.5. The quantitative estimate of drug-likeness (QED) is 0.687. The smallest absolute Gasteiger partial charge is 0.342 e. The van der Waals surface area contributed by atoms with E-state index >= 15 is 0 Å². The molecule has 4 nitrogen and oxygen atoms in total. The fraction of sp³-hybridized carbons (Fsp3) is 0.400. The van der Waals surface area contributed by atoms with E-state index in [-0.39, 0.29) is 5.97 Å². The van der Waals surface area contributed by atoms with Crippen LogP contribution in [-0.4, -0.2) is 24.7 Å². The lowest BCUT2D eigenvalue weighted by molar-refractivity contribution is 0.0522. The van der Waals surface area contributed by atoms with E-state index < -0.39 is 0 Å². The molecule has 0 saturated carbocycles. The number of carbonyl (C=O) groups excluding carboxylic acids is 1. The van der Waals surface area contributed by atoms with Crippen LogP contribution < -0.4 is 4.74 Å². The number of pyridine rings is 1.